The number of nitro groups is 1. The minimum absolute atomic E-state index is 0.0613. The predicted octanol–water partition coefficient (Wildman–Crippen LogP) is 2.55. The van der Waals surface area contributed by atoms with Gasteiger partial charge in [0.15, 0.2) is 0 Å². The minimum Gasteiger partial charge on any atom is -0.870 e. The van der Waals surface area contributed by atoms with Crippen LogP contribution in [0.4, 0.5) is 17.1 Å². The molecule has 0 bridgehead atoms. The molecule has 1 aromatic heterocycles. The van der Waals surface area contributed by atoms with Gasteiger partial charge in [0.05, 0.1) is 54.3 Å². The number of quaternary nitrogens is 1. The van der Waals surface area contributed by atoms with Crippen LogP contribution in [-0.4, -0.2) is 54.7 Å². The van der Waals surface area contributed by atoms with Crippen LogP contribution < -0.4 is 14.7 Å². The summed E-state index contributed by atoms with van der Waals surface area (Å²) in [6.07, 6.45) is 1.33. The third-order valence-corrected chi connectivity index (χ3v) is 6.45. The molecule has 1 amide bonds. The number of piperazine rings is 1. The van der Waals surface area contributed by atoms with E-state index in [1.54, 1.807) is 6.92 Å². The smallest absolute Gasteiger partial charge is 0.273 e. The molecule has 34 heavy (non-hydrogen) atoms. The highest BCUT2D eigenvalue weighted by atomic mass is 32.1. The molecule has 0 spiro atoms. The van der Waals surface area contributed by atoms with E-state index in [2.05, 4.69) is 4.99 Å². The zero-order chi connectivity index (χ0) is 24.1. The van der Waals surface area contributed by atoms with Gasteiger partial charge in [0.25, 0.3) is 11.6 Å². The molecule has 1 aliphatic heterocycles. The Morgan fingerprint density at radius 2 is 1.97 bits per heavy atom. The van der Waals surface area contributed by atoms with Crippen molar-refractivity contribution in [1.82, 2.24) is 4.90 Å². The lowest BCUT2D eigenvalue weighted by Gasteiger charge is -2.31. The minimum atomic E-state index is -0.565. The number of thiophene rings is 1. The van der Waals surface area contributed by atoms with Crippen LogP contribution in [0, 0.1) is 10.1 Å². The lowest BCUT2D eigenvalue weighted by atomic mass is 10.1. The van der Waals surface area contributed by atoms with Gasteiger partial charge in [-0.2, -0.15) is 0 Å². The second-order valence-electron chi connectivity index (χ2n) is 7.73. The van der Waals surface area contributed by atoms with E-state index < -0.39 is 10.7 Å². The molecule has 2 aromatic carbocycles. The van der Waals surface area contributed by atoms with Crippen molar-refractivity contribution in [2.75, 3.05) is 32.8 Å². The normalized spacial score (nSPS) is 14.4. The Bertz CT molecular complexity index is 1190. The fraction of sp³-hybridized carbons (Fsp3) is 0.250. The fourth-order valence-electron chi connectivity index (χ4n) is 3.82. The maximum absolute atomic E-state index is 12.5. The Morgan fingerprint density at radius 1 is 1.24 bits per heavy atom. The molecular weight excluding hydrogens is 456 g/mol. The van der Waals surface area contributed by atoms with Crippen molar-refractivity contribution in [3.05, 3.63) is 74.5 Å². The number of nitro benzene ring substituents is 1. The average Bonchev–Trinajstić information content (AvgIpc) is 3.39. The molecule has 9 nitrogen and oxygen atoms in total. The number of hydrogen-bond donors (Lipinski definition) is 1. The van der Waals surface area contributed by atoms with Crippen LogP contribution in [0.1, 0.15) is 22.2 Å². The van der Waals surface area contributed by atoms with Crippen LogP contribution in [0.3, 0.4) is 0 Å². The number of aliphatic imine (C=N–C) groups is 1. The Hall–Kier alpha value is -3.76. The number of amides is 1. The largest absolute Gasteiger partial charge is 0.870 e. The number of carbonyl (C=O) groups excluding carboxylic acids is 1. The van der Waals surface area contributed by atoms with E-state index in [1.807, 2.05) is 46.7 Å². The van der Waals surface area contributed by atoms with E-state index in [9.17, 15) is 20.0 Å². The van der Waals surface area contributed by atoms with E-state index in [0.717, 1.165) is 29.7 Å². The molecule has 1 N–H and O–H groups in total. The van der Waals surface area contributed by atoms with Crippen LogP contribution in [0.15, 0.2) is 58.9 Å². The van der Waals surface area contributed by atoms with Gasteiger partial charge in [-0.1, -0.05) is 11.8 Å². The molecule has 3 aromatic rings. The Balaban J connectivity index is 1.42. The van der Waals surface area contributed by atoms with Gasteiger partial charge in [-0.3, -0.25) is 24.8 Å². The highest BCUT2D eigenvalue weighted by Gasteiger charge is 2.26. The molecule has 176 valence electrons. The zero-order valence-corrected chi connectivity index (χ0v) is 19.4. The van der Waals surface area contributed by atoms with Crippen molar-refractivity contribution in [3.63, 3.8) is 0 Å². The molecule has 1 fully saturated rings. The van der Waals surface area contributed by atoms with Gasteiger partial charge in [-0.15, -0.1) is 11.3 Å². The van der Waals surface area contributed by atoms with Gasteiger partial charge in [-0.25, -0.2) is 0 Å². The van der Waals surface area contributed by atoms with E-state index in [-0.39, 0.29) is 29.5 Å². The lowest BCUT2D eigenvalue weighted by Crippen LogP contribution is -3.10. The molecule has 0 saturated carbocycles. The molecule has 0 unspecified atom stereocenters. The number of rotatable bonds is 7. The third kappa shape index (κ3) is 5.24. The van der Waals surface area contributed by atoms with Crippen molar-refractivity contribution in [1.29, 1.82) is 0 Å². The van der Waals surface area contributed by atoms with Crippen LogP contribution in [0.2, 0.25) is 0 Å². The fourth-order valence-corrected chi connectivity index (χ4v) is 4.52. The molecule has 0 aliphatic carbocycles. The summed E-state index contributed by atoms with van der Waals surface area (Å²) in [4.78, 5) is 31.4. The number of benzene rings is 2. The summed E-state index contributed by atoms with van der Waals surface area (Å²) in [5.74, 6) is -0.411. The van der Waals surface area contributed by atoms with Crippen LogP contribution in [-0.2, 0) is 0 Å². The first-order valence-electron chi connectivity index (χ1n) is 10.9. The standard InChI is InChI=1S/C24H24N4O5S/c1-2-33-21-15-20(28(31)32)14-17(23(21)29)16-25-18-5-7-19(8-6-18)26-9-11-27(12-10-26)24(30)22-4-3-13-34-22/h3-8,13-16,29H,2,9-12H2,1H3. The third-order valence-electron chi connectivity index (χ3n) is 5.59. The Labute approximate surface area is 200 Å². The van der Waals surface area contributed by atoms with Crippen molar-refractivity contribution >= 4 is 40.5 Å². The highest BCUT2D eigenvalue weighted by molar-refractivity contribution is 7.12. The van der Waals surface area contributed by atoms with E-state index in [0.29, 0.717) is 18.8 Å². The van der Waals surface area contributed by atoms with E-state index in [4.69, 9.17) is 4.74 Å². The number of ether oxygens (including phenoxy) is 1. The first kappa shape index (κ1) is 23.4. The zero-order valence-electron chi connectivity index (χ0n) is 18.6. The van der Waals surface area contributed by atoms with Gasteiger partial charge in [-0.05, 0) is 36.1 Å². The summed E-state index contributed by atoms with van der Waals surface area (Å²) >= 11 is 1.46. The topological polar surface area (TPSA) is 113 Å². The molecule has 0 atom stereocenters. The molecule has 1 saturated heterocycles. The maximum Gasteiger partial charge on any atom is 0.273 e. The summed E-state index contributed by atoms with van der Waals surface area (Å²) in [6, 6.07) is 13.7. The Morgan fingerprint density at radius 3 is 2.59 bits per heavy atom. The summed E-state index contributed by atoms with van der Waals surface area (Å²) in [6.45, 7) is 4.94. The van der Waals surface area contributed by atoms with Gasteiger partial charge in [0.1, 0.15) is 11.4 Å². The number of hydrogen-bond acceptors (Lipinski definition) is 7. The van der Waals surface area contributed by atoms with Gasteiger partial charge in [0, 0.05) is 24.4 Å². The number of non-ortho nitro benzene ring substituents is 1. The molecule has 1 aliphatic rings. The first-order chi connectivity index (χ1) is 16.5. The molecule has 2 heterocycles. The maximum atomic E-state index is 12.5. The molecule has 4 rings (SSSR count). The predicted molar refractivity (Wildman–Crippen MR) is 128 cm³/mol. The molecule has 10 heteroatoms. The summed E-state index contributed by atoms with van der Waals surface area (Å²) in [5.41, 5.74) is 1.60. The quantitative estimate of drug-likeness (QED) is 0.317. The summed E-state index contributed by atoms with van der Waals surface area (Å²) in [7, 11) is 0. The van der Waals surface area contributed by atoms with E-state index in [1.165, 1.54) is 28.5 Å². The number of nitrogens with zero attached hydrogens (tertiary/aromatic N) is 3. The second kappa shape index (κ2) is 10.4. The van der Waals surface area contributed by atoms with E-state index >= 15 is 0 Å². The molecular formula is C24H24N4O5S. The average molecular weight is 481 g/mol. The summed E-state index contributed by atoms with van der Waals surface area (Å²) < 4.78 is 5.24. The van der Waals surface area contributed by atoms with Gasteiger partial charge in [0.2, 0.25) is 0 Å². The molecule has 0 radical (unpaired) electrons. The van der Waals surface area contributed by atoms with Crippen LogP contribution in [0.5, 0.6) is 11.5 Å². The van der Waals surface area contributed by atoms with Crippen molar-refractivity contribution in [2.24, 2.45) is 4.99 Å². The Kier molecular flexibility index (Phi) is 7.19. The second-order valence-corrected chi connectivity index (χ2v) is 8.68. The number of carbonyl (C=O) groups is 1. The van der Waals surface area contributed by atoms with Gasteiger partial charge < -0.3 is 14.7 Å². The highest BCUT2D eigenvalue weighted by Crippen LogP contribution is 2.32. The van der Waals surface area contributed by atoms with Crippen molar-refractivity contribution in [2.45, 2.75) is 6.92 Å². The van der Waals surface area contributed by atoms with Crippen molar-refractivity contribution < 1.29 is 24.5 Å². The summed E-state index contributed by atoms with van der Waals surface area (Å²) in [5, 5.41) is 25.6. The SMILES string of the molecule is CCOc1cc([N+](=O)[O-])cc(C=Nc2ccc([NH+]3CCN(C(=O)c4cccs4)CC3)cc2)c1[O-]. The van der Waals surface area contributed by atoms with Crippen LogP contribution in [0.25, 0.3) is 0 Å². The lowest BCUT2D eigenvalue weighted by molar-refractivity contribution is -0.837. The van der Waals surface area contributed by atoms with Crippen LogP contribution >= 0.6 is 11.3 Å². The van der Waals surface area contributed by atoms with Gasteiger partial charge >= 0.3 is 0 Å². The monoisotopic (exact) mass is 480 g/mol. The van der Waals surface area contributed by atoms with Crippen molar-refractivity contribution in [3.8, 4) is 11.5 Å². The first-order valence-corrected chi connectivity index (χ1v) is 11.8. The number of nitrogens with one attached hydrogen (secondary N) is 1.